The first-order chi connectivity index (χ1) is 14.3. The Morgan fingerprint density at radius 1 is 1.23 bits per heavy atom. The number of amides is 1. The molecule has 0 aliphatic heterocycles. The molecule has 1 amide bonds. The quantitative estimate of drug-likeness (QED) is 0.394. The molecule has 3 rings (SSSR count). The van der Waals surface area contributed by atoms with Crippen LogP contribution < -0.4 is 10.0 Å². The van der Waals surface area contributed by atoms with Gasteiger partial charge in [0.25, 0.3) is 0 Å². The molecule has 1 aromatic carbocycles. The van der Waals surface area contributed by atoms with E-state index in [4.69, 9.17) is 4.55 Å². The minimum Gasteiger partial charge on any atom is -0.347 e. The maximum atomic E-state index is 12.5. The zero-order valence-electron chi connectivity index (χ0n) is 16.2. The van der Waals surface area contributed by atoms with Crippen molar-refractivity contribution in [3.05, 3.63) is 62.5 Å². The van der Waals surface area contributed by atoms with Crippen molar-refractivity contribution in [2.45, 2.75) is 38.6 Å². The molecule has 3 aromatic rings. The Morgan fingerprint density at radius 2 is 2.00 bits per heavy atom. The first-order valence-corrected chi connectivity index (χ1v) is 12.5. The number of nitrogens with one attached hydrogen (secondary N) is 2. The van der Waals surface area contributed by atoms with Gasteiger partial charge in [-0.3, -0.25) is 14.1 Å². The van der Waals surface area contributed by atoms with Crippen LogP contribution in [0.3, 0.4) is 0 Å². The number of benzene rings is 1. The van der Waals surface area contributed by atoms with Crippen LogP contribution in [-0.4, -0.2) is 28.8 Å². The summed E-state index contributed by atoms with van der Waals surface area (Å²) in [6.45, 7) is 2.03. The minimum atomic E-state index is -4.32. The van der Waals surface area contributed by atoms with Crippen LogP contribution in [0.4, 0.5) is 5.69 Å². The minimum absolute atomic E-state index is 0.0758. The molecule has 0 saturated carbocycles. The number of rotatable bonds is 10. The lowest BCUT2D eigenvalue weighted by molar-refractivity contribution is -0.121. The number of nitrogens with zero attached hydrogens (tertiary/aromatic N) is 2. The van der Waals surface area contributed by atoms with E-state index >= 15 is 0 Å². The number of thiazole rings is 2. The molecule has 0 aliphatic rings. The van der Waals surface area contributed by atoms with Crippen LogP contribution >= 0.6 is 22.7 Å². The average molecular weight is 467 g/mol. The van der Waals surface area contributed by atoms with Gasteiger partial charge in [-0.05, 0) is 30.5 Å². The van der Waals surface area contributed by atoms with Crippen LogP contribution in [0, 0.1) is 0 Å². The summed E-state index contributed by atoms with van der Waals surface area (Å²) in [4.78, 5) is 21.4. The van der Waals surface area contributed by atoms with Crippen molar-refractivity contribution in [2.75, 3.05) is 4.72 Å². The predicted molar refractivity (Wildman–Crippen MR) is 118 cm³/mol. The number of aryl methyl sites for hydroxylation is 2. The van der Waals surface area contributed by atoms with Gasteiger partial charge in [-0.25, -0.2) is 9.97 Å². The van der Waals surface area contributed by atoms with Crippen molar-refractivity contribution in [3.8, 4) is 0 Å². The first kappa shape index (κ1) is 22.3. The summed E-state index contributed by atoms with van der Waals surface area (Å²) in [5.74, 6) is -0.0758. The highest BCUT2D eigenvalue weighted by atomic mass is 32.2. The molecule has 0 bridgehead atoms. The van der Waals surface area contributed by atoms with E-state index in [9.17, 15) is 13.2 Å². The van der Waals surface area contributed by atoms with E-state index in [1.54, 1.807) is 30.5 Å². The van der Waals surface area contributed by atoms with Gasteiger partial charge in [0.05, 0.1) is 22.4 Å². The highest BCUT2D eigenvalue weighted by molar-refractivity contribution is 7.87. The molecule has 8 nitrogen and oxygen atoms in total. The first-order valence-electron chi connectivity index (χ1n) is 9.28. The normalized spacial score (nSPS) is 12.5. The van der Waals surface area contributed by atoms with Crippen LogP contribution in [-0.2, 0) is 34.4 Å². The van der Waals surface area contributed by atoms with Crippen molar-refractivity contribution in [1.29, 1.82) is 0 Å². The second-order valence-electron chi connectivity index (χ2n) is 6.55. The van der Waals surface area contributed by atoms with E-state index in [0.29, 0.717) is 19.3 Å². The zero-order valence-corrected chi connectivity index (χ0v) is 18.7. The number of anilines is 1. The molecular weight excluding hydrogens is 444 g/mol. The molecule has 0 saturated heterocycles. The van der Waals surface area contributed by atoms with Gasteiger partial charge in [-0.2, -0.15) is 8.42 Å². The maximum Gasteiger partial charge on any atom is 0.357 e. The molecule has 0 spiro atoms. The molecular formula is C19H22N4O4S3. The lowest BCUT2D eigenvalue weighted by atomic mass is 10.1. The van der Waals surface area contributed by atoms with Crippen molar-refractivity contribution in [2.24, 2.45) is 0 Å². The molecule has 2 aromatic heterocycles. The second-order valence-corrected chi connectivity index (χ2v) is 9.58. The average Bonchev–Trinajstić information content (AvgIpc) is 3.38. The van der Waals surface area contributed by atoms with E-state index in [2.05, 4.69) is 15.3 Å². The molecule has 2 heterocycles. The fourth-order valence-corrected chi connectivity index (χ4v) is 4.81. The third-order valence-electron chi connectivity index (χ3n) is 4.26. The predicted octanol–water partition coefficient (Wildman–Crippen LogP) is 3.41. The van der Waals surface area contributed by atoms with Gasteiger partial charge >= 0.3 is 10.3 Å². The molecule has 0 fully saturated rings. The molecule has 0 aliphatic carbocycles. The van der Waals surface area contributed by atoms with E-state index in [0.717, 1.165) is 27.7 Å². The summed E-state index contributed by atoms with van der Waals surface area (Å²) in [5.41, 5.74) is 2.13. The fraction of sp³-hybridized carbons (Fsp3) is 0.316. The van der Waals surface area contributed by atoms with Crippen LogP contribution in [0.5, 0.6) is 0 Å². The Hall–Kier alpha value is -2.34. The van der Waals surface area contributed by atoms with Gasteiger partial charge in [0.1, 0.15) is 5.01 Å². The largest absolute Gasteiger partial charge is 0.357 e. The molecule has 3 N–H and O–H groups in total. The number of carbonyl (C=O) groups excluding carboxylic acids is 1. The summed E-state index contributed by atoms with van der Waals surface area (Å²) in [5, 5.41) is 8.70. The van der Waals surface area contributed by atoms with Gasteiger partial charge in [0.2, 0.25) is 5.91 Å². The summed E-state index contributed by atoms with van der Waals surface area (Å²) in [6.07, 6.45) is 3.98. The number of hydrogen-bond donors (Lipinski definition) is 3. The van der Waals surface area contributed by atoms with Crippen LogP contribution in [0.2, 0.25) is 0 Å². The van der Waals surface area contributed by atoms with Crippen LogP contribution in [0.25, 0.3) is 0 Å². The zero-order chi connectivity index (χ0) is 21.6. The highest BCUT2D eigenvalue weighted by Crippen LogP contribution is 2.24. The third kappa shape index (κ3) is 6.87. The standard InChI is InChI=1S/C19H22N4O4S3/c1-2-14-12-29-19(21-14)16(22-17(24)7-8-18-20-9-10-28-18)11-13-3-5-15(6-4-13)23-30(25,26)27/h3-6,9-10,12,16,23H,2,7-8,11H2,1H3,(H,22,24)(H,25,26,27). The number of hydrogen-bond acceptors (Lipinski definition) is 7. The maximum absolute atomic E-state index is 12.5. The summed E-state index contributed by atoms with van der Waals surface area (Å²) < 4.78 is 32.8. The van der Waals surface area contributed by atoms with E-state index in [-0.39, 0.29) is 17.6 Å². The lowest BCUT2D eigenvalue weighted by Crippen LogP contribution is -2.30. The van der Waals surface area contributed by atoms with Gasteiger partial charge in [-0.15, -0.1) is 22.7 Å². The van der Waals surface area contributed by atoms with Crippen molar-refractivity contribution < 1.29 is 17.8 Å². The summed E-state index contributed by atoms with van der Waals surface area (Å²) >= 11 is 3.04. The molecule has 1 atom stereocenters. The van der Waals surface area contributed by atoms with E-state index < -0.39 is 10.3 Å². The van der Waals surface area contributed by atoms with E-state index in [1.165, 1.54) is 22.7 Å². The van der Waals surface area contributed by atoms with Gasteiger partial charge in [-0.1, -0.05) is 19.1 Å². The number of carbonyl (C=O) groups is 1. The van der Waals surface area contributed by atoms with Crippen LogP contribution in [0.1, 0.15) is 40.7 Å². The Labute approximate surface area is 183 Å². The Kier molecular flexibility index (Phi) is 7.53. The summed E-state index contributed by atoms with van der Waals surface area (Å²) in [7, 11) is -4.32. The SMILES string of the molecule is CCc1csc(C(Cc2ccc(NS(=O)(=O)O)cc2)NC(=O)CCc2nccs2)n1. The topological polar surface area (TPSA) is 121 Å². The van der Waals surface area contributed by atoms with Crippen molar-refractivity contribution >= 4 is 44.6 Å². The van der Waals surface area contributed by atoms with Crippen molar-refractivity contribution in [3.63, 3.8) is 0 Å². The monoisotopic (exact) mass is 466 g/mol. The summed E-state index contributed by atoms with van der Waals surface area (Å²) in [6, 6.07) is 6.32. The van der Waals surface area contributed by atoms with E-state index in [1.807, 2.05) is 22.4 Å². The lowest BCUT2D eigenvalue weighted by Gasteiger charge is -2.17. The Bertz CT molecular complexity index is 1060. The van der Waals surface area contributed by atoms with Crippen LogP contribution in [0.15, 0.2) is 41.2 Å². The smallest absolute Gasteiger partial charge is 0.347 e. The molecule has 160 valence electrons. The molecule has 0 radical (unpaired) electrons. The highest BCUT2D eigenvalue weighted by Gasteiger charge is 2.19. The third-order valence-corrected chi connectivity index (χ3v) is 6.60. The van der Waals surface area contributed by atoms with Gasteiger partial charge < -0.3 is 5.32 Å². The fourth-order valence-electron chi connectivity index (χ4n) is 2.80. The molecule has 11 heteroatoms. The molecule has 1 unspecified atom stereocenters. The Morgan fingerprint density at radius 3 is 2.60 bits per heavy atom. The van der Waals surface area contributed by atoms with Crippen molar-refractivity contribution in [1.82, 2.24) is 15.3 Å². The molecule has 30 heavy (non-hydrogen) atoms. The van der Waals surface area contributed by atoms with Gasteiger partial charge in [0, 0.05) is 29.8 Å². The number of aromatic nitrogens is 2. The Balaban J connectivity index is 1.70. The second kappa shape index (κ2) is 10.1. The van der Waals surface area contributed by atoms with Gasteiger partial charge in [0.15, 0.2) is 0 Å².